The van der Waals surface area contributed by atoms with Crippen molar-refractivity contribution in [1.29, 1.82) is 0 Å². The molecule has 1 aliphatic heterocycles. The zero-order valence-electron chi connectivity index (χ0n) is 13.8. The van der Waals surface area contributed by atoms with Crippen LogP contribution >= 0.6 is 0 Å². The number of rotatable bonds is 4. The van der Waals surface area contributed by atoms with Crippen LogP contribution in [0.5, 0.6) is 5.75 Å². The van der Waals surface area contributed by atoms with Crippen molar-refractivity contribution in [2.45, 2.75) is 19.5 Å². The third-order valence-electron chi connectivity index (χ3n) is 4.50. The third kappa shape index (κ3) is 3.05. The molecule has 0 atom stereocenters. The van der Waals surface area contributed by atoms with Gasteiger partial charge in [0.2, 0.25) is 0 Å². The normalized spacial score (nSPS) is 14.4. The van der Waals surface area contributed by atoms with Crippen LogP contribution in [0.4, 0.5) is 0 Å². The van der Waals surface area contributed by atoms with Gasteiger partial charge in [-0.25, -0.2) is 4.98 Å². The zero-order valence-corrected chi connectivity index (χ0v) is 13.8. The van der Waals surface area contributed by atoms with Gasteiger partial charge in [-0.3, -0.25) is 4.90 Å². The van der Waals surface area contributed by atoms with Crippen molar-refractivity contribution < 1.29 is 4.74 Å². The van der Waals surface area contributed by atoms with Gasteiger partial charge in [0, 0.05) is 31.6 Å². The Bertz CT molecular complexity index is 826. The Kier molecular flexibility index (Phi) is 4.05. The van der Waals surface area contributed by atoms with E-state index in [0.29, 0.717) is 0 Å². The molecule has 3 aromatic rings. The monoisotopic (exact) mass is 319 g/mol. The second kappa shape index (κ2) is 6.49. The first-order chi connectivity index (χ1) is 11.8. The fraction of sp³-hybridized carbons (Fsp3) is 0.250. The molecule has 4 rings (SSSR count). The van der Waals surface area contributed by atoms with Gasteiger partial charge in [-0.15, -0.1) is 0 Å². The molecule has 0 unspecified atom stereocenters. The van der Waals surface area contributed by atoms with Gasteiger partial charge in [0.25, 0.3) is 0 Å². The number of hydrogen-bond acceptors (Lipinski definition) is 3. The van der Waals surface area contributed by atoms with Gasteiger partial charge in [0.05, 0.1) is 18.5 Å². The maximum atomic E-state index is 5.32. The number of aromatic amines is 1. The van der Waals surface area contributed by atoms with Crippen LogP contribution in [-0.4, -0.2) is 28.5 Å². The molecule has 1 N–H and O–H groups in total. The largest absolute Gasteiger partial charge is 0.497 e. The first-order valence-corrected chi connectivity index (χ1v) is 8.30. The van der Waals surface area contributed by atoms with Crippen molar-refractivity contribution in [3.8, 4) is 17.1 Å². The summed E-state index contributed by atoms with van der Waals surface area (Å²) in [4.78, 5) is 10.7. The van der Waals surface area contributed by atoms with Gasteiger partial charge in [0.1, 0.15) is 11.6 Å². The molecule has 24 heavy (non-hydrogen) atoms. The summed E-state index contributed by atoms with van der Waals surface area (Å²) in [5, 5.41) is 0. The van der Waals surface area contributed by atoms with Crippen LogP contribution in [0.1, 0.15) is 17.0 Å². The Hall–Kier alpha value is -2.59. The summed E-state index contributed by atoms with van der Waals surface area (Å²) in [6.07, 6.45) is 0.989. The minimum atomic E-state index is 0.909. The summed E-state index contributed by atoms with van der Waals surface area (Å²) in [5.74, 6) is 1.89. The number of hydrogen-bond donors (Lipinski definition) is 1. The molecule has 0 amide bonds. The second-order valence-electron chi connectivity index (χ2n) is 6.19. The number of nitrogens with one attached hydrogen (secondary N) is 1. The number of fused-ring (bicyclic) bond motifs is 1. The number of nitrogens with zero attached hydrogens (tertiary/aromatic N) is 2. The molecule has 0 bridgehead atoms. The van der Waals surface area contributed by atoms with E-state index in [-0.39, 0.29) is 0 Å². The van der Waals surface area contributed by atoms with Crippen LogP contribution in [-0.2, 0) is 19.5 Å². The van der Waals surface area contributed by atoms with Crippen LogP contribution in [0.25, 0.3) is 11.4 Å². The third-order valence-corrected chi connectivity index (χ3v) is 4.50. The van der Waals surface area contributed by atoms with E-state index in [1.807, 2.05) is 30.3 Å². The maximum Gasteiger partial charge on any atom is 0.137 e. The SMILES string of the molecule is COc1cccc(CN2CCc3nc(-c4ccccc4)[nH]c3C2)c1. The van der Waals surface area contributed by atoms with E-state index in [4.69, 9.17) is 9.72 Å². The Morgan fingerprint density at radius 3 is 2.83 bits per heavy atom. The summed E-state index contributed by atoms with van der Waals surface area (Å²) >= 11 is 0. The van der Waals surface area contributed by atoms with Gasteiger partial charge >= 0.3 is 0 Å². The number of benzene rings is 2. The van der Waals surface area contributed by atoms with E-state index >= 15 is 0 Å². The molecular formula is C20H21N3O. The zero-order chi connectivity index (χ0) is 16.4. The Morgan fingerprint density at radius 1 is 1.12 bits per heavy atom. The predicted octanol–water partition coefficient (Wildman–Crippen LogP) is 3.64. The number of methoxy groups -OCH3 is 1. The van der Waals surface area contributed by atoms with Crippen LogP contribution < -0.4 is 4.74 Å². The van der Waals surface area contributed by atoms with Crippen LogP contribution in [0.2, 0.25) is 0 Å². The highest BCUT2D eigenvalue weighted by Crippen LogP contribution is 2.24. The maximum absolute atomic E-state index is 5.32. The van der Waals surface area contributed by atoms with Crippen LogP contribution in [0.3, 0.4) is 0 Å². The fourth-order valence-corrected chi connectivity index (χ4v) is 3.25. The average Bonchev–Trinajstić information content (AvgIpc) is 3.06. The molecular weight excluding hydrogens is 298 g/mol. The highest BCUT2D eigenvalue weighted by molar-refractivity contribution is 5.55. The Labute approximate surface area is 142 Å². The van der Waals surface area contributed by atoms with Gasteiger partial charge in [-0.1, -0.05) is 42.5 Å². The molecule has 0 fully saturated rings. The van der Waals surface area contributed by atoms with Gasteiger partial charge in [-0.05, 0) is 17.7 Å². The summed E-state index contributed by atoms with van der Waals surface area (Å²) in [5.41, 5.74) is 4.87. The molecule has 0 saturated carbocycles. The van der Waals surface area contributed by atoms with Gasteiger partial charge in [0.15, 0.2) is 0 Å². The summed E-state index contributed by atoms with van der Waals surface area (Å²) in [6, 6.07) is 18.6. The molecule has 2 heterocycles. The lowest BCUT2D eigenvalue weighted by Crippen LogP contribution is -2.30. The quantitative estimate of drug-likeness (QED) is 0.798. The molecule has 4 nitrogen and oxygen atoms in total. The van der Waals surface area contributed by atoms with Gasteiger partial charge in [-0.2, -0.15) is 0 Å². The van der Waals surface area contributed by atoms with Crippen molar-refractivity contribution in [3.05, 3.63) is 71.5 Å². The molecule has 2 aromatic carbocycles. The van der Waals surface area contributed by atoms with E-state index < -0.39 is 0 Å². The van der Waals surface area contributed by atoms with Gasteiger partial charge < -0.3 is 9.72 Å². The van der Waals surface area contributed by atoms with E-state index in [1.165, 1.54) is 17.0 Å². The minimum absolute atomic E-state index is 0.909. The van der Waals surface area contributed by atoms with E-state index in [1.54, 1.807) is 7.11 Å². The highest BCUT2D eigenvalue weighted by atomic mass is 16.5. The van der Waals surface area contributed by atoms with Crippen molar-refractivity contribution in [2.75, 3.05) is 13.7 Å². The first kappa shape index (κ1) is 15.0. The van der Waals surface area contributed by atoms with E-state index in [0.717, 1.165) is 43.2 Å². The standard InChI is InChI=1S/C20H21N3O/c1-24-17-9-5-6-15(12-17)13-23-11-10-18-19(14-23)22-20(21-18)16-7-3-2-4-8-16/h2-9,12H,10-11,13-14H2,1H3,(H,21,22). The first-order valence-electron chi connectivity index (χ1n) is 8.30. The molecule has 1 aliphatic rings. The average molecular weight is 319 g/mol. The molecule has 122 valence electrons. The Balaban J connectivity index is 1.50. The minimum Gasteiger partial charge on any atom is -0.497 e. The predicted molar refractivity (Wildman–Crippen MR) is 94.8 cm³/mol. The topological polar surface area (TPSA) is 41.1 Å². The highest BCUT2D eigenvalue weighted by Gasteiger charge is 2.20. The lowest BCUT2D eigenvalue weighted by molar-refractivity contribution is 0.241. The number of imidazole rings is 1. The van der Waals surface area contributed by atoms with Crippen molar-refractivity contribution in [2.24, 2.45) is 0 Å². The van der Waals surface area contributed by atoms with Crippen LogP contribution in [0, 0.1) is 0 Å². The lowest BCUT2D eigenvalue weighted by atomic mass is 10.1. The smallest absolute Gasteiger partial charge is 0.137 e. The molecule has 4 heteroatoms. The number of H-pyrrole nitrogens is 1. The Morgan fingerprint density at radius 2 is 2.00 bits per heavy atom. The van der Waals surface area contributed by atoms with E-state index in [9.17, 15) is 0 Å². The number of ether oxygens (including phenoxy) is 1. The number of aromatic nitrogens is 2. The van der Waals surface area contributed by atoms with E-state index in [2.05, 4.69) is 34.1 Å². The fourth-order valence-electron chi connectivity index (χ4n) is 3.25. The van der Waals surface area contributed by atoms with Crippen molar-refractivity contribution >= 4 is 0 Å². The molecule has 0 spiro atoms. The van der Waals surface area contributed by atoms with Crippen molar-refractivity contribution in [1.82, 2.24) is 14.9 Å². The summed E-state index contributed by atoms with van der Waals surface area (Å²) < 4.78 is 5.32. The molecule has 0 saturated heterocycles. The lowest BCUT2D eigenvalue weighted by Gasteiger charge is -2.26. The van der Waals surface area contributed by atoms with Crippen LogP contribution in [0.15, 0.2) is 54.6 Å². The summed E-state index contributed by atoms with van der Waals surface area (Å²) in [7, 11) is 1.71. The molecule has 0 aliphatic carbocycles. The molecule has 1 aromatic heterocycles. The second-order valence-corrected chi connectivity index (χ2v) is 6.19. The molecule has 0 radical (unpaired) electrons. The summed E-state index contributed by atoms with van der Waals surface area (Å²) in [6.45, 7) is 2.87. The van der Waals surface area contributed by atoms with Crippen molar-refractivity contribution in [3.63, 3.8) is 0 Å².